The predicted molar refractivity (Wildman–Crippen MR) is 84.3 cm³/mol. The van der Waals surface area contributed by atoms with Crippen molar-refractivity contribution < 1.29 is 18.3 Å². The highest BCUT2D eigenvalue weighted by Gasteiger charge is 2.33. The van der Waals surface area contributed by atoms with Gasteiger partial charge in [-0.3, -0.25) is 4.79 Å². The first-order valence-corrected chi connectivity index (χ1v) is 9.13. The van der Waals surface area contributed by atoms with Crippen LogP contribution in [0.2, 0.25) is 0 Å². The highest BCUT2D eigenvalue weighted by Crippen LogP contribution is 2.26. The van der Waals surface area contributed by atoms with Crippen LogP contribution in [0.3, 0.4) is 0 Å². The molecule has 2 unspecified atom stereocenters. The van der Waals surface area contributed by atoms with Gasteiger partial charge in [0, 0.05) is 13.1 Å². The molecule has 22 heavy (non-hydrogen) atoms. The maximum atomic E-state index is 12.6. The van der Waals surface area contributed by atoms with E-state index in [-0.39, 0.29) is 11.4 Å². The summed E-state index contributed by atoms with van der Waals surface area (Å²) in [6, 6.07) is 6.95. The van der Waals surface area contributed by atoms with Crippen LogP contribution in [0.15, 0.2) is 29.2 Å². The number of nitrogens with zero attached hydrogens (tertiary/aromatic N) is 1. The number of aliphatic carboxylic acids is 1. The Morgan fingerprint density at radius 2 is 2.00 bits per heavy atom. The number of hydrogen-bond donors (Lipinski definition) is 1. The second kappa shape index (κ2) is 6.79. The van der Waals surface area contributed by atoms with Crippen molar-refractivity contribution in [2.75, 3.05) is 13.1 Å². The molecule has 1 heterocycles. The van der Waals surface area contributed by atoms with Gasteiger partial charge in [0.05, 0.1) is 10.8 Å². The number of piperidine rings is 1. The topological polar surface area (TPSA) is 74.7 Å². The third kappa shape index (κ3) is 3.50. The van der Waals surface area contributed by atoms with Crippen LogP contribution in [-0.2, 0) is 14.8 Å². The molecule has 0 bridgehead atoms. The highest BCUT2D eigenvalue weighted by atomic mass is 32.2. The summed E-state index contributed by atoms with van der Waals surface area (Å²) < 4.78 is 26.6. The minimum atomic E-state index is -3.61. The first-order valence-electron chi connectivity index (χ1n) is 7.69. The Labute approximate surface area is 132 Å². The van der Waals surface area contributed by atoms with Crippen LogP contribution in [0, 0.1) is 5.92 Å². The van der Waals surface area contributed by atoms with Crippen molar-refractivity contribution in [2.45, 2.75) is 43.9 Å². The summed E-state index contributed by atoms with van der Waals surface area (Å²) in [5, 5.41) is 9.10. The van der Waals surface area contributed by atoms with Crippen molar-refractivity contribution in [1.82, 2.24) is 4.31 Å². The summed E-state index contributed by atoms with van der Waals surface area (Å²) in [5.41, 5.74) is 1.11. The first-order chi connectivity index (χ1) is 10.4. The Balaban J connectivity index is 2.21. The zero-order valence-electron chi connectivity index (χ0n) is 13.0. The fourth-order valence-corrected chi connectivity index (χ4v) is 4.24. The third-order valence-electron chi connectivity index (χ3n) is 4.43. The Kier molecular flexibility index (Phi) is 5.24. The minimum absolute atomic E-state index is 0.0603. The molecule has 0 radical (unpaired) electrons. The van der Waals surface area contributed by atoms with Gasteiger partial charge in [-0.15, -0.1) is 0 Å². The monoisotopic (exact) mass is 325 g/mol. The molecule has 1 aliphatic rings. The molecule has 5 nitrogen and oxygen atoms in total. The van der Waals surface area contributed by atoms with Gasteiger partial charge < -0.3 is 5.11 Å². The Morgan fingerprint density at radius 3 is 2.55 bits per heavy atom. The molecule has 0 amide bonds. The molecule has 2 rings (SSSR count). The van der Waals surface area contributed by atoms with E-state index in [0.717, 1.165) is 12.0 Å². The van der Waals surface area contributed by atoms with Gasteiger partial charge in [0.1, 0.15) is 0 Å². The maximum Gasteiger partial charge on any atom is 0.307 e. The normalized spacial score (nSPS) is 21.5. The highest BCUT2D eigenvalue weighted by molar-refractivity contribution is 7.89. The van der Waals surface area contributed by atoms with E-state index in [1.54, 1.807) is 12.1 Å². The van der Waals surface area contributed by atoms with E-state index in [1.165, 1.54) is 4.31 Å². The Morgan fingerprint density at radius 1 is 1.36 bits per heavy atom. The van der Waals surface area contributed by atoms with E-state index >= 15 is 0 Å². The molecule has 122 valence electrons. The van der Waals surface area contributed by atoms with Crippen molar-refractivity contribution in [3.05, 3.63) is 29.8 Å². The van der Waals surface area contributed by atoms with Crippen molar-refractivity contribution in [3.63, 3.8) is 0 Å². The molecular weight excluding hydrogens is 302 g/mol. The second-order valence-electron chi connectivity index (χ2n) is 5.92. The average Bonchev–Trinajstić information content (AvgIpc) is 2.54. The molecule has 1 saturated heterocycles. The molecule has 1 fully saturated rings. The summed E-state index contributed by atoms with van der Waals surface area (Å²) in [6.45, 7) is 4.64. The number of rotatable bonds is 5. The lowest BCUT2D eigenvalue weighted by Crippen LogP contribution is -2.42. The van der Waals surface area contributed by atoms with Crippen molar-refractivity contribution in [2.24, 2.45) is 5.92 Å². The standard InChI is InChI=1S/C16H23NO4S/c1-3-12(2)13-6-8-15(9-7-13)22(20,21)17-10-4-5-14(11-17)16(18)19/h6-9,12,14H,3-5,10-11H2,1-2H3,(H,18,19). The lowest BCUT2D eigenvalue weighted by molar-refractivity contribution is -0.142. The summed E-state index contributed by atoms with van der Waals surface area (Å²) in [4.78, 5) is 11.3. The molecule has 1 aromatic carbocycles. The molecule has 0 spiro atoms. The summed E-state index contributed by atoms with van der Waals surface area (Å²) in [5.74, 6) is -1.14. The van der Waals surface area contributed by atoms with Crippen LogP contribution >= 0.6 is 0 Å². The fraction of sp³-hybridized carbons (Fsp3) is 0.562. The number of carbonyl (C=O) groups is 1. The second-order valence-corrected chi connectivity index (χ2v) is 7.86. The van der Waals surface area contributed by atoms with E-state index in [1.807, 2.05) is 12.1 Å². The minimum Gasteiger partial charge on any atom is -0.481 e. The molecular formula is C16H23NO4S. The first kappa shape index (κ1) is 17.0. The van der Waals surface area contributed by atoms with Crippen molar-refractivity contribution in [1.29, 1.82) is 0 Å². The Bertz CT molecular complexity index is 624. The van der Waals surface area contributed by atoms with E-state index in [9.17, 15) is 13.2 Å². The molecule has 6 heteroatoms. The van der Waals surface area contributed by atoms with Crippen LogP contribution in [0.1, 0.15) is 44.6 Å². The quantitative estimate of drug-likeness (QED) is 0.903. The number of carboxylic acid groups (broad SMARTS) is 1. The molecule has 1 aromatic rings. The van der Waals surface area contributed by atoms with Crippen LogP contribution in [0.5, 0.6) is 0 Å². The number of carboxylic acids is 1. The average molecular weight is 325 g/mol. The smallest absolute Gasteiger partial charge is 0.307 e. The summed E-state index contributed by atoms with van der Waals surface area (Å²) >= 11 is 0. The molecule has 2 atom stereocenters. The number of benzene rings is 1. The Hall–Kier alpha value is -1.40. The van der Waals surface area contributed by atoms with Gasteiger partial charge in [-0.25, -0.2) is 8.42 Å². The van der Waals surface area contributed by atoms with E-state index in [4.69, 9.17) is 5.11 Å². The summed E-state index contributed by atoms with van der Waals surface area (Å²) in [6.07, 6.45) is 2.12. The largest absolute Gasteiger partial charge is 0.481 e. The lowest BCUT2D eigenvalue weighted by atomic mass is 9.99. The van der Waals surface area contributed by atoms with Crippen LogP contribution in [0.25, 0.3) is 0 Å². The van der Waals surface area contributed by atoms with Crippen molar-refractivity contribution >= 4 is 16.0 Å². The van der Waals surface area contributed by atoms with E-state index in [2.05, 4.69) is 13.8 Å². The predicted octanol–water partition coefficient (Wildman–Crippen LogP) is 2.69. The molecule has 0 saturated carbocycles. The SMILES string of the molecule is CCC(C)c1ccc(S(=O)(=O)N2CCCC(C(=O)O)C2)cc1. The third-order valence-corrected chi connectivity index (χ3v) is 6.31. The van der Waals surface area contributed by atoms with E-state index in [0.29, 0.717) is 25.3 Å². The van der Waals surface area contributed by atoms with Crippen LogP contribution in [-0.4, -0.2) is 36.9 Å². The molecule has 0 aliphatic carbocycles. The molecule has 0 aromatic heterocycles. The van der Waals surface area contributed by atoms with Gasteiger partial charge in [-0.1, -0.05) is 26.0 Å². The molecule has 1 aliphatic heterocycles. The van der Waals surface area contributed by atoms with Crippen LogP contribution in [0.4, 0.5) is 0 Å². The number of hydrogen-bond acceptors (Lipinski definition) is 3. The van der Waals surface area contributed by atoms with Gasteiger partial charge in [-0.2, -0.15) is 4.31 Å². The number of sulfonamides is 1. The van der Waals surface area contributed by atoms with Gasteiger partial charge in [0.15, 0.2) is 0 Å². The summed E-state index contributed by atoms with van der Waals surface area (Å²) in [7, 11) is -3.61. The van der Waals surface area contributed by atoms with Gasteiger partial charge in [0.2, 0.25) is 10.0 Å². The van der Waals surface area contributed by atoms with E-state index < -0.39 is 21.9 Å². The van der Waals surface area contributed by atoms with Gasteiger partial charge in [-0.05, 0) is 42.9 Å². The van der Waals surface area contributed by atoms with Gasteiger partial charge >= 0.3 is 5.97 Å². The van der Waals surface area contributed by atoms with Crippen LogP contribution < -0.4 is 0 Å². The zero-order chi connectivity index (χ0) is 16.3. The fourth-order valence-electron chi connectivity index (χ4n) is 2.72. The van der Waals surface area contributed by atoms with Gasteiger partial charge in [0.25, 0.3) is 0 Å². The lowest BCUT2D eigenvalue weighted by Gasteiger charge is -2.29. The maximum absolute atomic E-state index is 12.6. The van der Waals surface area contributed by atoms with Crippen molar-refractivity contribution in [3.8, 4) is 0 Å². The molecule has 1 N–H and O–H groups in total. The zero-order valence-corrected chi connectivity index (χ0v) is 13.8.